The molecule has 138 valence electrons. The van der Waals surface area contributed by atoms with Crippen molar-refractivity contribution in [2.24, 2.45) is 12.0 Å². The summed E-state index contributed by atoms with van der Waals surface area (Å²) in [6.07, 6.45) is 3.93. The van der Waals surface area contributed by atoms with Crippen molar-refractivity contribution in [2.75, 3.05) is 13.1 Å². The normalized spacial score (nSPS) is 11.9. The second-order valence-corrected chi connectivity index (χ2v) is 7.22. The number of aliphatic imine (C=N–C) groups is 1. The summed E-state index contributed by atoms with van der Waals surface area (Å²) in [6.45, 7) is 6.40. The van der Waals surface area contributed by atoms with Crippen LogP contribution in [0.2, 0.25) is 0 Å². The minimum Gasteiger partial charge on any atom is -0.357 e. The first-order valence-electron chi connectivity index (χ1n) is 9.07. The Balaban J connectivity index is 1.61. The third-order valence-corrected chi connectivity index (χ3v) is 5.39. The van der Waals surface area contributed by atoms with Crippen LogP contribution >= 0.6 is 11.3 Å². The Bertz CT molecular complexity index is 879. The Morgan fingerprint density at radius 1 is 1.23 bits per heavy atom. The zero-order chi connectivity index (χ0) is 18.4. The second kappa shape index (κ2) is 8.80. The number of fused-ring (bicyclic) bond motifs is 1. The van der Waals surface area contributed by atoms with Crippen LogP contribution in [0.5, 0.6) is 0 Å². The lowest BCUT2D eigenvalue weighted by Crippen LogP contribution is -2.38. The minimum absolute atomic E-state index is 0.539. The van der Waals surface area contributed by atoms with E-state index in [1.54, 1.807) is 11.3 Å². The Hall–Kier alpha value is -2.41. The van der Waals surface area contributed by atoms with Crippen LogP contribution in [0.4, 0.5) is 0 Å². The molecule has 2 heterocycles. The summed E-state index contributed by atoms with van der Waals surface area (Å²) in [7, 11) is 2.04. The van der Waals surface area contributed by atoms with E-state index in [2.05, 4.69) is 50.1 Å². The average Bonchev–Trinajstić information content (AvgIpc) is 3.24. The van der Waals surface area contributed by atoms with E-state index in [1.165, 1.54) is 9.88 Å². The first-order valence-corrected chi connectivity index (χ1v) is 9.89. The van der Waals surface area contributed by atoms with Crippen LogP contribution in [-0.4, -0.2) is 33.6 Å². The van der Waals surface area contributed by atoms with Crippen molar-refractivity contribution in [2.45, 2.75) is 33.2 Å². The van der Waals surface area contributed by atoms with Crippen LogP contribution in [0.1, 0.15) is 29.6 Å². The molecule has 0 amide bonds. The van der Waals surface area contributed by atoms with Crippen molar-refractivity contribution < 1.29 is 0 Å². The van der Waals surface area contributed by atoms with E-state index in [9.17, 15) is 0 Å². The Labute approximate surface area is 158 Å². The number of benzene rings is 1. The maximum Gasteiger partial charge on any atom is 0.191 e. The summed E-state index contributed by atoms with van der Waals surface area (Å²) in [4.78, 5) is 15.2. The molecule has 3 aromatic rings. The summed E-state index contributed by atoms with van der Waals surface area (Å²) in [5.74, 6) is 1.77. The molecule has 3 rings (SSSR count). The van der Waals surface area contributed by atoms with Crippen LogP contribution in [0.15, 0.2) is 35.5 Å². The van der Waals surface area contributed by atoms with Gasteiger partial charge in [0.15, 0.2) is 5.96 Å². The molecule has 0 radical (unpaired) electrons. The van der Waals surface area contributed by atoms with Crippen molar-refractivity contribution in [3.05, 3.63) is 46.2 Å². The number of hydrogen-bond acceptors (Lipinski definition) is 4. The van der Waals surface area contributed by atoms with Gasteiger partial charge in [-0.15, -0.1) is 11.3 Å². The maximum atomic E-state index is 4.69. The number of aryl methyl sites for hydroxylation is 2. The number of thiazole rings is 1. The fourth-order valence-electron chi connectivity index (χ4n) is 2.74. The van der Waals surface area contributed by atoms with Crippen LogP contribution in [-0.2, 0) is 26.4 Å². The molecule has 0 aliphatic heterocycles. The van der Waals surface area contributed by atoms with Gasteiger partial charge in [0.1, 0.15) is 12.4 Å². The molecular weight excluding hydrogens is 344 g/mol. The molecule has 0 spiro atoms. The lowest BCUT2D eigenvalue weighted by molar-refractivity contribution is 0.771. The Kier molecular flexibility index (Phi) is 6.22. The number of imidazole rings is 1. The monoisotopic (exact) mass is 370 g/mol. The molecule has 2 N–H and O–H groups in total. The molecule has 2 aromatic heterocycles. The number of aromatic nitrogens is 3. The highest BCUT2D eigenvalue weighted by molar-refractivity contribution is 7.11. The van der Waals surface area contributed by atoms with Gasteiger partial charge in [0.2, 0.25) is 0 Å². The number of hydrogen-bond donors (Lipinski definition) is 2. The quantitative estimate of drug-likeness (QED) is 0.496. The van der Waals surface area contributed by atoms with Gasteiger partial charge in [0.25, 0.3) is 0 Å². The zero-order valence-corrected chi connectivity index (χ0v) is 16.4. The summed E-state index contributed by atoms with van der Waals surface area (Å²) in [5, 5.41) is 7.85. The fourth-order valence-corrected chi connectivity index (χ4v) is 3.61. The van der Waals surface area contributed by atoms with Crippen molar-refractivity contribution in [1.29, 1.82) is 0 Å². The maximum absolute atomic E-state index is 4.69. The van der Waals surface area contributed by atoms with E-state index < -0.39 is 0 Å². The van der Waals surface area contributed by atoms with E-state index in [4.69, 9.17) is 0 Å². The van der Waals surface area contributed by atoms with Gasteiger partial charge in [-0.05, 0) is 25.5 Å². The number of rotatable bonds is 7. The van der Waals surface area contributed by atoms with Crippen molar-refractivity contribution >= 4 is 28.3 Å². The van der Waals surface area contributed by atoms with E-state index in [0.717, 1.165) is 48.7 Å². The first-order chi connectivity index (χ1) is 12.7. The lowest BCUT2D eigenvalue weighted by atomic mass is 10.3. The third-order valence-electron chi connectivity index (χ3n) is 4.18. The Morgan fingerprint density at radius 3 is 2.81 bits per heavy atom. The number of nitrogens with one attached hydrogen (secondary N) is 2. The highest BCUT2D eigenvalue weighted by Crippen LogP contribution is 2.15. The molecule has 0 unspecified atom stereocenters. The van der Waals surface area contributed by atoms with Crippen LogP contribution in [0.3, 0.4) is 0 Å². The third kappa shape index (κ3) is 4.40. The molecular formula is C19H26N6S. The molecule has 0 fully saturated rings. The van der Waals surface area contributed by atoms with Crippen molar-refractivity contribution in [3.63, 3.8) is 0 Å². The number of para-hydroxylation sites is 2. The van der Waals surface area contributed by atoms with E-state index >= 15 is 0 Å². The predicted octanol–water partition coefficient (Wildman–Crippen LogP) is 2.89. The summed E-state index contributed by atoms with van der Waals surface area (Å²) < 4.78 is 2.10. The van der Waals surface area contributed by atoms with Crippen molar-refractivity contribution in [1.82, 2.24) is 25.2 Å². The second-order valence-electron chi connectivity index (χ2n) is 6.02. The predicted molar refractivity (Wildman–Crippen MR) is 109 cm³/mol. The highest BCUT2D eigenvalue weighted by Gasteiger charge is 2.07. The molecule has 0 bridgehead atoms. The van der Waals surface area contributed by atoms with Gasteiger partial charge >= 0.3 is 0 Å². The highest BCUT2D eigenvalue weighted by atomic mass is 32.1. The lowest BCUT2D eigenvalue weighted by Gasteiger charge is -2.10. The van der Waals surface area contributed by atoms with Crippen LogP contribution in [0, 0.1) is 0 Å². The van der Waals surface area contributed by atoms with E-state index in [1.807, 2.05) is 31.4 Å². The summed E-state index contributed by atoms with van der Waals surface area (Å²) in [6, 6.07) is 8.16. The number of guanidine groups is 1. The van der Waals surface area contributed by atoms with Gasteiger partial charge in [-0.2, -0.15) is 0 Å². The van der Waals surface area contributed by atoms with Gasteiger partial charge in [-0.3, -0.25) is 0 Å². The molecule has 1 aromatic carbocycles. The summed E-state index contributed by atoms with van der Waals surface area (Å²) in [5.41, 5.74) is 2.14. The van der Waals surface area contributed by atoms with E-state index in [-0.39, 0.29) is 0 Å². The Morgan fingerprint density at radius 2 is 2.08 bits per heavy atom. The van der Waals surface area contributed by atoms with Crippen LogP contribution < -0.4 is 10.6 Å². The SMILES string of the molecule is CCNC(=NCc1nc2ccccc2n1C)NCCc1ncc(CC)s1. The van der Waals surface area contributed by atoms with Crippen LogP contribution in [0.25, 0.3) is 11.0 Å². The molecule has 0 aliphatic carbocycles. The van der Waals surface area contributed by atoms with Gasteiger partial charge in [-0.1, -0.05) is 19.1 Å². The average molecular weight is 371 g/mol. The van der Waals surface area contributed by atoms with Gasteiger partial charge in [-0.25, -0.2) is 15.0 Å². The smallest absolute Gasteiger partial charge is 0.191 e. The number of nitrogens with zero attached hydrogens (tertiary/aromatic N) is 4. The topological polar surface area (TPSA) is 67.1 Å². The molecule has 0 saturated heterocycles. The van der Waals surface area contributed by atoms with Gasteiger partial charge in [0.05, 0.1) is 16.0 Å². The van der Waals surface area contributed by atoms with Crippen molar-refractivity contribution in [3.8, 4) is 0 Å². The fraction of sp³-hybridized carbons (Fsp3) is 0.421. The van der Waals surface area contributed by atoms with E-state index in [0.29, 0.717) is 6.54 Å². The van der Waals surface area contributed by atoms with Gasteiger partial charge < -0.3 is 15.2 Å². The first kappa shape index (κ1) is 18.4. The largest absolute Gasteiger partial charge is 0.357 e. The molecule has 7 heteroatoms. The standard InChI is InChI=1S/C19H26N6S/c1-4-14-12-22-18(26-14)10-11-21-19(20-5-2)23-13-17-24-15-8-6-7-9-16(15)25(17)3/h6-9,12H,4-5,10-11,13H2,1-3H3,(H2,20,21,23). The molecule has 26 heavy (non-hydrogen) atoms. The van der Waals surface area contributed by atoms with Gasteiger partial charge in [0, 0.05) is 37.6 Å². The molecule has 0 atom stereocenters. The molecule has 0 aliphatic rings. The summed E-state index contributed by atoms with van der Waals surface area (Å²) >= 11 is 1.79. The minimum atomic E-state index is 0.539. The molecule has 6 nitrogen and oxygen atoms in total. The molecule has 0 saturated carbocycles. The zero-order valence-electron chi connectivity index (χ0n) is 15.6.